The number of carbonyl (C=O) groups excluding carboxylic acids is 1. The Morgan fingerprint density at radius 2 is 2.12 bits per heavy atom. The van der Waals surface area contributed by atoms with E-state index in [9.17, 15) is 13.2 Å². The summed E-state index contributed by atoms with van der Waals surface area (Å²) in [6.45, 7) is 2.13. The van der Waals surface area contributed by atoms with Crippen LogP contribution in [0.2, 0.25) is 0 Å². The van der Waals surface area contributed by atoms with E-state index in [0.717, 1.165) is 18.4 Å². The van der Waals surface area contributed by atoms with Gasteiger partial charge < -0.3 is 9.73 Å². The molecule has 0 aliphatic carbocycles. The molecular weight excluding hydrogens is 396 g/mol. The summed E-state index contributed by atoms with van der Waals surface area (Å²) in [6.07, 6.45) is 1.54. The van der Waals surface area contributed by atoms with Gasteiger partial charge in [0.15, 0.2) is 10.4 Å². The first-order valence-electron chi connectivity index (χ1n) is 7.61. The second-order valence-electron chi connectivity index (χ2n) is 5.48. The van der Waals surface area contributed by atoms with Crippen molar-refractivity contribution in [3.63, 3.8) is 0 Å². The molecule has 2 aromatic rings. The van der Waals surface area contributed by atoms with Gasteiger partial charge in [0.1, 0.15) is 0 Å². The van der Waals surface area contributed by atoms with Crippen LogP contribution in [-0.4, -0.2) is 26.6 Å². The van der Waals surface area contributed by atoms with Gasteiger partial charge in [0.2, 0.25) is 10.0 Å². The molecule has 1 aliphatic rings. The zero-order valence-corrected chi connectivity index (χ0v) is 15.5. The van der Waals surface area contributed by atoms with Gasteiger partial charge in [-0.2, -0.15) is 0 Å². The minimum atomic E-state index is -3.29. The van der Waals surface area contributed by atoms with Crippen LogP contribution in [0.3, 0.4) is 0 Å². The smallest absolute Gasteiger partial charge is 0.291 e. The number of sulfonamides is 1. The summed E-state index contributed by atoms with van der Waals surface area (Å²) < 4.78 is 31.6. The monoisotopic (exact) mass is 412 g/mol. The van der Waals surface area contributed by atoms with Gasteiger partial charge in [-0.05, 0) is 71.6 Å². The van der Waals surface area contributed by atoms with Gasteiger partial charge in [-0.3, -0.25) is 9.10 Å². The Kier molecular flexibility index (Phi) is 4.69. The van der Waals surface area contributed by atoms with E-state index in [1.165, 1.54) is 4.31 Å². The number of rotatable bonds is 4. The molecule has 0 bridgehead atoms. The van der Waals surface area contributed by atoms with E-state index >= 15 is 0 Å². The van der Waals surface area contributed by atoms with Crippen LogP contribution in [0.4, 0.5) is 11.4 Å². The Morgan fingerprint density at radius 3 is 2.79 bits per heavy atom. The fourth-order valence-electron chi connectivity index (χ4n) is 2.71. The largest absolute Gasteiger partial charge is 0.444 e. The first-order valence-corrected chi connectivity index (χ1v) is 10.0. The standard InChI is InChI=1S/C16H17BrN2O4S/c1-2-24(21,22)19-9-3-4-11-10-12(5-6-13(11)19)18-16(20)14-7-8-15(17)23-14/h5-8,10H,2-4,9H2,1H3,(H,18,20). The lowest BCUT2D eigenvalue weighted by Gasteiger charge is -2.30. The second-order valence-corrected chi connectivity index (χ2v) is 8.44. The maximum Gasteiger partial charge on any atom is 0.291 e. The van der Waals surface area contributed by atoms with Crippen LogP contribution in [0.25, 0.3) is 0 Å². The van der Waals surface area contributed by atoms with E-state index in [1.807, 2.05) is 6.07 Å². The van der Waals surface area contributed by atoms with Crippen LogP contribution in [0, 0.1) is 0 Å². The van der Waals surface area contributed by atoms with E-state index in [-0.39, 0.29) is 17.4 Å². The first kappa shape index (κ1) is 17.0. The Bertz CT molecular complexity index is 876. The van der Waals surface area contributed by atoms with Gasteiger partial charge in [-0.25, -0.2) is 8.42 Å². The Morgan fingerprint density at radius 1 is 1.33 bits per heavy atom. The fourth-order valence-corrected chi connectivity index (χ4v) is 4.22. The van der Waals surface area contributed by atoms with Crippen molar-refractivity contribution in [2.45, 2.75) is 19.8 Å². The molecular formula is C16H17BrN2O4S. The number of halogens is 1. The molecule has 1 aromatic carbocycles. The molecule has 0 saturated heterocycles. The SMILES string of the molecule is CCS(=O)(=O)N1CCCc2cc(NC(=O)c3ccc(Br)o3)ccc21. The number of hydrogen-bond donors (Lipinski definition) is 1. The molecule has 1 aliphatic heterocycles. The van der Waals surface area contributed by atoms with Crippen molar-refractivity contribution in [2.75, 3.05) is 21.9 Å². The number of hydrogen-bond acceptors (Lipinski definition) is 4. The molecule has 2 heterocycles. The summed E-state index contributed by atoms with van der Waals surface area (Å²) >= 11 is 3.16. The molecule has 6 nitrogen and oxygen atoms in total. The van der Waals surface area contributed by atoms with Crippen molar-refractivity contribution in [3.05, 3.63) is 46.3 Å². The second kappa shape index (κ2) is 6.60. The van der Waals surface area contributed by atoms with Crippen molar-refractivity contribution in [1.29, 1.82) is 0 Å². The predicted molar refractivity (Wildman–Crippen MR) is 95.9 cm³/mol. The van der Waals surface area contributed by atoms with Crippen molar-refractivity contribution in [2.24, 2.45) is 0 Å². The molecule has 3 rings (SSSR count). The number of anilines is 2. The summed E-state index contributed by atoms with van der Waals surface area (Å²) in [4.78, 5) is 12.1. The van der Waals surface area contributed by atoms with Crippen molar-refractivity contribution in [3.8, 4) is 0 Å². The van der Waals surface area contributed by atoms with Crippen LogP contribution < -0.4 is 9.62 Å². The third-order valence-electron chi connectivity index (χ3n) is 3.91. The van der Waals surface area contributed by atoms with E-state index < -0.39 is 10.0 Å². The minimum absolute atomic E-state index is 0.0678. The Labute approximate surface area is 149 Å². The maximum absolute atomic E-state index is 12.2. The summed E-state index contributed by atoms with van der Waals surface area (Å²) in [6, 6.07) is 8.50. The van der Waals surface area contributed by atoms with E-state index in [2.05, 4.69) is 21.2 Å². The molecule has 0 saturated carbocycles. The summed E-state index contributed by atoms with van der Waals surface area (Å²) in [5.74, 6) is -0.0811. The molecule has 24 heavy (non-hydrogen) atoms. The molecule has 1 amide bonds. The van der Waals surface area contributed by atoms with Crippen molar-refractivity contribution >= 4 is 43.2 Å². The number of fused-ring (bicyclic) bond motifs is 1. The van der Waals surface area contributed by atoms with Gasteiger partial charge in [0.25, 0.3) is 5.91 Å². The minimum Gasteiger partial charge on any atom is -0.444 e. The lowest BCUT2D eigenvalue weighted by Crippen LogP contribution is -2.36. The maximum atomic E-state index is 12.2. The van der Waals surface area contributed by atoms with Crippen molar-refractivity contribution < 1.29 is 17.6 Å². The van der Waals surface area contributed by atoms with Gasteiger partial charge in [0, 0.05) is 12.2 Å². The molecule has 0 radical (unpaired) electrons. The van der Waals surface area contributed by atoms with Crippen LogP contribution >= 0.6 is 15.9 Å². The lowest BCUT2D eigenvalue weighted by atomic mass is 10.0. The molecule has 0 atom stereocenters. The van der Waals surface area contributed by atoms with Gasteiger partial charge in [-0.1, -0.05) is 0 Å². The highest BCUT2D eigenvalue weighted by Gasteiger charge is 2.26. The average molecular weight is 413 g/mol. The number of benzene rings is 1. The van der Waals surface area contributed by atoms with Crippen LogP contribution in [0.1, 0.15) is 29.5 Å². The first-order chi connectivity index (χ1) is 11.4. The predicted octanol–water partition coefficient (Wildman–Crippen LogP) is 3.40. The number of carbonyl (C=O) groups is 1. The molecule has 0 spiro atoms. The van der Waals surface area contributed by atoms with Crippen LogP contribution in [0.5, 0.6) is 0 Å². The topological polar surface area (TPSA) is 79.6 Å². The number of amides is 1. The number of nitrogens with zero attached hydrogens (tertiary/aromatic N) is 1. The summed E-state index contributed by atoms with van der Waals surface area (Å²) in [5, 5.41) is 2.77. The van der Waals surface area contributed by atoms with Crippen molar-refractivity contribution in [1.82, 2.24) is 0 Å². The zero-order valence-electron chi connectivity index (χ0n) is 13.1. The van der Waals surface area contributed by atoms with Crippen LogP contribution in [0.15, 0.2) is 39.4 Å². The van der Waals surface area contributed by atoms with Crippen LogP contribution in [-0.2, 0) is 16.4 Å². The van der Waals surface area contributed by atoms with Gasteiger partial charge >= 0.3 is 0 Å². The zero-order chi connectivity index (χ0) is 17.3. The highest BCUT2D eigenvalue weighted by Crippen LogP contribution is 2.32. The summed E-state index contributed by atoms with van der Waals surface area (Å²) in [7, 11) is -3.29. The van der Waals surface area contributed by atoms with Gasteiger partial charge in [0.05, 0.1) is 11.4 Å². The normalized spacial score (nSPS) is 14.3. The Balaban J connectivity index is 1.85. The third kappa shape index (κ3) is 3.34. The quantitative estimate of drug-likeness (QED) is 0.834. The molecule has 0 fully saturated rings. The molecule has 8 heteroatoms. The molecule has 128 valence electrons. The molecule has 1 aromatic heterocycles. The Hall–Kier alpha value is -1.80. The highest BCUT2D eigenvalue weighted by atomic mass is 79.9. The highest BCUT2D eigenvalue weighted by molar-refractivity contribution is 9.10. The lowest BCUT2D eigenvalue weighted by molar-refractivity contribution is 0.0995. The van der Waals surface area contributed by atoms with E-state index in [4.69, 9.17) is 4.42 Å². The number of aryl methyl sites for hydroxylation is 1. The molecule has 1 N–H and O–H groups in total. The third-order valence-corrected chi connectivity index (χ3v) is 6.12. The number of nitrogens with one attached hydrogen (secondary N) is 1. The fraction of sp³-hybridized carbons (Fsp3) is 0.312. The van der Waals surface area contributed by atoms with Gasteiger partial charge in [-0.15, -0.1) is 0 Å². The summed E-state index contributed by atoms with van der Waals surface area (Å²) in [5.41, 5.74) is 2.22. The number of furan rings is 1. The average Bonchev–Trinajstić information content (AvgIpc) is 3.00. The molecule has 0 unspecified atom stereocenters. The van der Waals surface area contributed by atoms with E-state index in [1.54, 1.807) is 31.2 Å². The van der Waals surface area contributed by atoms with E-state index in [0.29, 0.717) is 22.6 Å².